The number of hydrogen-bond donors (Lipinski definition) is 0. The van der Waals surface area contributed by atoms with Gasteiger partial charge in [-0.1, -0.05) is 48.2 Å². The van der Waals surface area contributed by atoms with Gasteiger partial charge in [0.05, 0.1) is 5.25 Å². The number of thioether (sulfide) groups is 1. The molecule has 1 aliphatic rings. The molecule has 1 fully saturated rings. The molecule has 0 aliphatic heterocycles. The maximum Gasteiger partial charge on any atom is 0.192 e. The second-order valence-electron chi connectivity index (χ2n) is 6.25. The van der Waals surface area contributed by atoms with Crippen molar-refractivity contribution < 1.29 is 4.79 Å². The third-order valence-electron chi connectivity index (χ3n) is 4.27. The van der Waals surface area contributed by atoms with Crippen molar-refractivity contribution in [2.75, 3.05) is 0 Å². The smallest absolute Gasteiger partial charge is 0.192 e. The van der Waals surface area contributed by atoms with Crippen molar-refractivity contribution in [1.82, 2.24) is 14.8 Å². The molecule has 6 heteroatoms. The first-order chi connectivity index (χ1) is 12.2. The van der Waals surface area contributed by atoms with Gasteiger partial charge in [0.2, 0.25) is 0 Å². The first kappa shape index (κ1) is 16.5. The van der Waals surface area contributed by atoms with E-state index in [0.717, 1.165) is 23.0 Å². The lowest BCUT2D eigenvalue weighted by Crippen LogP contribution is -2.15. The van der Waals surface area contributed by atoms with Crippen LogP contribution >= 0.6 is 23.1 Å². The average molecular weight is 370 g/mol. The normalized spacial score (nSPS) is 15.2. The fourth-order valence-electron chi connectivity index (χ4n) is 2.83. The van der Waals surface area contributed by atoms with Crippen LogP contribution in [0.5, 0.6) is 0 Å². The Bertz CT molecular complexity index is 854. The minimum atomic E-state index is -0.182. The molecule has 1 unspecified atom stereocenters. The zero-order chi connectivity index (χ0) is 17.2. The van der Waals surface area contributed by atoms with Gasteiger partial charge < -0.3 is 4.57 Å². The first-order valence-corrected chi connectivity index (χ1v) is 10.2. The predicted octanol–water partition coefficient (Wildman–Crippen LogP) is 4.63. The van der Waals surface area contributed by atoms with Gasteiger partial charge in [0.25, 0.3) is 0 Å². The number of aromatic nitrogens is 3. The van der Waals surface area contributed by atoms with Crippen LogP contribution in [0.2, 0.25) is 0 Å². The number of carbonyl (C=O) groups is 1. The average Bonchev–Trinajstić information content (AvgIpc) is 3.20. The van der Waals surface area contributed by atoms with E-state index in [1.807, 2.05) is 37.3 Å². The van der Waals surface area contributed by atoms with Crippen LogP contribution in [-0.2, 0) is 6.42 Å². The van der Waals surface area contributed by atoms with Crippen LogP contribution in [0, 0.1) is 0 Å². The SMILES string of the molecule is CC(Sc1nnc(Cc2cccs2)n1C1CC1)C(=O)c1ccccc1. The molecule has 25 heavy (non-hydrogen) atoms. The summed E-state index contributed by atoms with van der Waals surface area (Å²) in [6.45, 7) is 1.95. The Hall–Kier alpha value is -1.92. The summed E-state index contributed by atoms with van der Waals surface area (Å²) < 4.78 is 2.25. The molecular formula is C19H19N3OS2. The molecule has 4 nitrogen and oxygen atoms in total. The molecule has 1 aromatic carbocycles. The minimum absolute atomic E-state index is 0.135. The van der Waals surface area contributed by atoms with E-state index in [9.17, 15) is 4.79 Å². The van der Waals surface area contributed by atoms with Crippen molar-refractivity contribution >= 4 is 28.9 Å². The predicted molar refractivity (Wildman–Crippen MR) is 102 cm³/mol. The van der Waals surface area contributed by atoms with E-state index in [4.69, 9.17) is 0 Å². The van der Waals surface area contributed by atoms with E-state index in [1.54, 1.807) is 11.3 Å². The summed E-state index contributed by atoms with van der Waals surface area (Å²) in [4.78, 5) is 13.9. The lowest BCUT2D eigenvalue weighted by Gasteiger charge is -2.12. The molecule has 1 atom stereocenters. The van der Waals surface area contributed by atoms with Crippen LogP contribution in [0.15, 0.2) is 53.0 Å². The highest BCUT2D eigenvalue weighted by atomic mass is 32.2. The molecule has 4 rings (SSSR count). The number of rotatable bonds is 7. The second kappa shape index (κ2) is 7.14. The number of nitrogens with zero attached hydrogens (tertiary/aromatic N) is 3. The highest BCUT2D eigenvalue weighted by Crippen LogP contribution is 2.40. The summed E-state index contributed by atoms with van der Waals surface area (Å²) in [6, 6.07) is 14.1. The summed E-state index contributed by atoms with van der Waals surface area (Å²) in [5.74, 6) is 1.14. The molecule has 0 radical (unpaired) electrons. The summed E-state index contributed by atoms with van der Waals surface area (Å²) in [6.07, 6.45) is 3.15. The van der Waals surface area contributed by atoms with Gasteiger partial charge in [0, 0.05) is 22.9 Å². The quantitative estimate of drug-likeness (QED) is 0.450. The molecule has 1 aliphatic carbocycles. The molecule has 1 saturated carbocycles. The summed E-state index contributed by atoms with van der Waals surface area (Å²) >= 11 is 3.26. The Kier molecular flexibility index (Phi) is 4.72. The fraction of sp³-hybridized carbons (Fsp3) is 0.316. The molecule has 2 aromatic heterocycles. The van der Waals surface area contributed by atoms with E-state index in [-0.39, 0.29) is 11.0 Å². The van der Waals surface area contributed by atoms with Crippen LogP contribution < -0.4 is 0 Å². The van der Waals surface area contributed by atoms with Crippen molar-refractivity contribution in [3.05, 3.63) is 64.1 Å². The van der Waals surface area contributed by atoms with Crippen molar-refractivity contribution in [3.8, 4) is 0 Å². The first-order valence-electron chi connectivity index (χ1n) is 8.44. The Morgan fingerprint density at radius 1 is 1.24 bits per heavy atom. The molecule has 0 N–H and O–H groups in total. The maximum absolute atomic E-state index is 12.6. The van der Waals surface area contributed by atoms with E-state index in [0.29, 0.717) is 6.04 Å². The third-order valence-corrected chi connectivity index (χ3v) is 6.20. The van der Waals surface area contributed by atoms with Crippen molar-refractivity contribution in [2.24, 2.45) is 0 Å². The molecule has 3 aromatic rings. The zero-order valence-corrected chi connectivity index (χ0v) is 15.6. The van der Waals surface area contributed by atoms with Gasteiger partial charge in [0.1, 0.15) is 5.82 Å². The molecule has 128 valence electrons. The largest absolute Gasteiger partial charge is 0.303 e. The van der Waals surface area contributed by atoms with Gasteiger partial charge in [-0.2, -0.15) is 0 Å². The number of benzene rings is 1. The number of ketones is 1. The van der Waals surface area contributed by atoms with Gasteiger partial charge in [-0.3, -0.25) is 4.79 Å². The lowest BCUT2D eigenvalue weighted by molar-refractivity contribution is 0.0994. The zero-order valence-electron chi connectivity index (χ0n) is 14.0. The van der Waals surface area contributed by atoms with Crippen LogP contribution in [-0.4, -0.2) is 25.8 Å². The van der Waals surface area contributed by atoms with Crippen LogP contribution in [0.3, 0.4) is 0 Å². The summed E-state index contributed by atoms with van der Waals surface area (Å²) in [7, 11) is 0. The highest BCUT2D eigenvalue weighted by Gasteiger charge is 2.31. The maximum atomic E-state index is 12.6. The van der Waals surface area contributed by atoms with E-state index < -0.39 is 0 Å². The monoisotopic (exact) mass is 369 g/mol. The Morgan fingerprint density at radius 2 is 2.04 bits per heavy atom. The summed E-state index contributed by atoms with van der Waals surface area (Å²) in [5, 5.41) is 11.6. The Balaban J connectivity index is 1.54. The molecule has 2 heterocycles. The summed E-state index contributed by atoms with van der Waals surface area (Å²) in [5.41, 5.74) is 0.749. The Labute approximate surface area is 155 Å². The van der Waals surface area contributed by atoms with E-state index >= 15 is 0 Å². The molecule has 0 bridgehead atoms. The van der Waals surface area contributed by atoms with Crippen molar-refractivity contribution in [2.45, 2.75) is 42.6 Å². The molecule has 0 amide bonds. The van der Waals surface area contributed by atoms with E-state index in [1.165, 1.54) is 29.5 Å². The number of carbonyl (C=O) groups excluding carboxylic acids is 1. The number of thiophene rings is 1. The fourth-order valence-corrected chi connectivity index (χ4v) is 4.54. The van der Waals surface area contributed by atoms with Gasteiger partial charge in [0.15, 0.2) is 10.9 Å². The minimum Gasteiger partial charge on any atom is -0.303 e. The molecular weight excluding hydrogens is 350 g/mol. The van der Waals surface area contributed by atoms with Gasteiger partial charge in [-0.25, -0.2) is 0 Å². The van der Waals surface area contributed by atoms with Crippen LogP contribution in [0.4, 0.5) is 0 Å². The molecule has 0 spiro atoms. The van der Waals surface area contributed by atoms with Crippen molar-refractivity contribution in [1.29, 1.82) is 0 Å². The molecule has 0 saturated heterocycles. The number of Topliss-reactive ketones (excluding diaryl/α,β-unsaturated/α-hetero) is 1. The Morgan fingerprint density at radius 3 is 2.72 bits per heavy atom. The van der Waals surface area contributed by atoms with Gasteiger partial charge in [-0.15, -0.1) is 21.5 Å². The van der Waals surface area contributed by atoms with Gasteiger partial charge in [-0.05, 0) is 31.2 Å². The third kappa shape index (κ3) is 3.70. The van der Waals surface area contributed by atoms with Crippen molar-refractivity contribution in [3.63, 3.8) is 0 Å². The standard InChI is InChI=1S/C19H19N3OS2/c1-13(18(23)14-6-3-2-4-7-14)25-19-21-20-17(22(19)15-9-10-15)12-16-8-5-11-24-16/h2-8,11,13,15H,9-10,12H2,1H3. The van der Waals surface area contributed by atoms with Gasteiger partial charge >= 0.3 is 0 Å². The lowest BCUT2D eigenvalue weighted by atomic mass is 10.1. The van der Waals surface area contributed by atoms with Crippen LogP contribution in [0.1, 0.15) is 46.9 Å². The topological polar surface area (TPSA) is 47.8 Å². The van der Waals surface area contributed by atoms with Crippen LogP contribution in [0.25, 0.3) is 0 Å². The van der Waals surface area contributed by atoms with E-state index in [2.05, 4.69) is 32.3 Å². The highest BCUT2D eigenvalue weighted by molar-refractivity contribution is 8.00. The second-order valence-corrected chi connectivity index (χ2v) is 8.59. The number of hydrogen-bond acceptors (Lipinski definition) is 5.